The summed E-state index contributed by atoms with van der Waals surface area (Å²) in [4.78, 5) is 20.4. The van der Waals surface area contributed by atoms with Crippen molar-refractivity contribution in [3.8, 4) is 16.9 Å². The number of amides is 1. The van der Waals surface area contributed by atoms with Crippen LogP contribution >= 0.6 is 22.9 Å². The third kappa shape index (κ3) is 5.50. The van der Waals surface area contributed by atoms with Gasteiger partial charge in [-0.05, 0) is 80.3 Å². The second kappa shape index (κ2) is 12.1. The quantitative estimate of drug-likeness (QED) is 0.231. The zero-order valence-electron chi connectivity index (χ0n) is 22.6. The summed E-state index contributed by atoms with van der Waals surface area (Å²) in [6.45, 7) is 0.254. The Hall–Kier alpha value is -3.27. The first-order chi connectivity index (χ1) is 19.3. The average molecular weight is 585 g/mol. The van der Waals surface area contributed by atoms with Gasteiger partial charge >= 0.3 is 0 Å². The number of carbonyl (C=O) groups is 1. The van der Waals surface area contributed by atoms with Crippen molar-refractivity contribution in [2.75, 3.05) is 26.5 Å². The molecule has 2 heterocycles. The zero-order chi connectivity index (χ0) is 28.4. The van der Waals surface area contributed by atoms with Crippen LogP contribution in [0, 0.1) is 11.6 Å². The molecule has 1 saturated carbocycles. The molecule has 4 aromatic rings. The number of methoxy groups -OCH3 is 1. The first-order valence-electron chi connectivity index (χ1n) is 13.2. The van der Waals surface area contributed by atoms with Crippen molar-refractivity contribution in [1.29, 1.82) is 0 Å². The molecule has 0 aliphatic heterocycles. The fourth-order valence-electron chi connectivity index (χ4n) is 5.42. The number of pyridine rings is 1. The Labute approximate surface area is 241 Å². The van der Waals surface area contributed by atoms with E-state index in [2.05, 4.69) is 15.6 Å². The molecule has 10 heteroatoms. The lowest BCUT2D eigenvalue weighted by Gasteiger charge is -2.37. The van der Waals surface area contributed by atoms with Gasteiger partial charge in [0, 0.05) is 37.4 Å². The van der Waals surface area contributed by atoms with Crippen molar-refractivity contribution in [2.24, 2.45) is 0 Å². The summed E-state index contributed by atoms with van der Waals surface area (Å²) in [6, 6.07) is 12.2. The fourth-order valence-corrected chi connectivity index (χ4v) is 6.93. The van der Waals surface area contributed by atoms with Gasteiger partial charge in [-0.1, -0.05) is 17.7 Å². The highest BCUT2D eigenvalue weighted by molar-refractivity contribution is 7.21. The molecule has 0 atom stereocenters. The molecule has 2 N–H and O–H groups in total. The minimum Gasteiger partial charge on any atom is -0.496 e. The Balaban J connectivity index is 1.56. The summed E-state index contributed by atoms with van der Waals surface area (Å²) in [7, 11) is 5.36. The van der Waals surface area contributed by atoms with E-state index in [1.807, 2.05) is 44.4 Å². The molecule has 210 valence electrons. The predicted molar refractivity (Wildman–Crippen MR) is 157 cm³/mol. The van der Waals surface area contributed by atoms with E-state index in [9.17, 15) is 13.6 Å². The second-order valence-electron chi connectivity index (χ2n) is 9.91. The molecule has 0 radical (unpaired) electrons. The number of benzene rings is 2. The molecule has 40 heavy (non-hydrogen) atoms. The topological polar surface area (TPSA) is 66.5 Å². The van der Waals surface area contributed by atoms with Crippen molar-refractivity contribution in [2.45, 2.75) is 44.3 Å². The van der Waals surface area contributed by atoms with Crippen LogP contribution in [0.2, 0.25) is 5.02 Å². The third-order valence-electron chi connectivity index (χ3n) is 7.65. The molecule has 6 nitrogen and oxygen atoms in total. The van der Waals surface area contributed by atoms with Gasteiger partial charge in [-0.25, -0.2) is 13.8 Å². The lowest BCUT2D eigenvalue weighted by molar-refractivity contribution is 0.0604. The maximum absolute atomic E-state index is 14.6. The Morgan fingerprint density at radius 1 is 1.07 bits per heavy atom. The van der Waals surface area contributed by atoms with Crippen LogP contribution in [0.3, 0.4) is 0 Å². The molecule has 1 aliphatic carbocycles. The first-order valence-corrected chi connectivity index (χ1v) is 14.4. The van der Waals surface area contributed by atoms with E-state index in [-0.39, 0.29) is 38.5 Å². The number of aromatic nitrogens is 1. The maximum atomic E-state index is 14.6. The van der Waals surface area contributed by atoms with E-state index in [4.69, 9.17) is 16.3 Å². The Kier molecular flexibility index (Phi) is 8.54. The largest absolute Gasteiger partial charge is 0.496 e. The number of rotatable bonds is 8. The highest BCUT2D eigenvalue weighted by atomic mass is 35.5. The summed E-state index contributed by atoms with van der Waals surface area (Å²) in [5, 5.41) is 6.29. The monoisotopic (exact) mass is 584 g/mol. The van der Waals surface area contributed by atoms with E-state index in [0.717, 1.165) is 71.7 Å². The number of carbonyl (C=O) groups excluding carboxylic acids is 1. The minimum atomic E-state index is -0.648. The number of ether oxygens (including phenoxy) is 1. The number of thiophene rings is 1. The van der Waals surface area contributed by atoms with Gasteiger partial charge < -0.3 is 20.3 Å². The summed E-state index contributed by atoms with van der Waals surface area (Å²) in [5.41, 5.74) is 2.74. The smallest absolute Gasteiger partial charge is 0.266 e. The van der Waals surface area contributed by atoms with Crippen molar-refractivity contribution >= 4 is 44.7 Å². The van der Waals surface area contributed by atoms with Crippen molar-refractivity contribution in [3.05, 3.63) is 75.8 Å². The Morgan fingerprint density at radius 2 is 1.80 bits per heavy atom. The zero-order valence-corrected chi connectivity index (χ0v) is 24.1. The predicted octanol–water partition coefficient (Wildman–Crippen LogP) is 7.12. The van der Waals surface area contributed by atoms with Crippen LogP contribution in [0.15, 0.2) is 48.7 Å². The van der Waals surface area contributed by atoms with Gasteiger partial charge in [0.25, 0.3) is 5.91 Å². The molecular weight excluding hydrogens is 554 g/mol. The number of nitrogens with zero attached hydrogens (tertiary/aromatic N) is 2. The van der Waals surface area contributed by atoms with E-state index in [1.54, 1.807) is 18.2 Å². The molecule has 1 aliphatic rings. The number of fused-ring (bicyclic) bond motifs is 1. The van der Waals surface area contributed by atoms with Gasteiger partial charge in [0.05, 0.1) is 22.2 Å². The molecule has 0 unspecified atom stereocenters. The van der Waals surface area contributed by atoms with Gasteiger partial charge in [0.2, 0.25) is 0 Å². The summed E-state index contributed by atoms with van der Waals surface area (Å²) in [6.07, 6.45) is 5.15. The number of hydrogen-bond donors (Lipinski definition) is 2. The van der Waals surface area contributed by atoms with Crippen molar-refractivity contribution < 1.29 is 18.3 Å². The molecule has 2 aromatic carbocycles. The molecule has 2 aromatic heterocycles. The van der Waals surface area contributed by atoms with E-state index in [1.165, 1.54) is 0 Å². The van der Waals surface area contributed by atoms with E-state index < -0.39 is 11.6 Å². The molecule has 0 bridgehead atoms. The van der Waals surface area contributed by atoms with Crippen molar-refractivity contribution in [1.82, 2.24) is 15.2 Å². The van der Waals surface area contributed by atoms with Gasteiger partial charge in [0.15, 0.2) is 0 Å². The van der Waals surface area contributed by atoms with Gasteiger partial charge in [-0.15, -0.1) is 11.3 Å². The molecule has 5 rings (SSSR count). The molecule has 0 spiro atoms. The molecule has 1 amide bonds. The SMILES string of the molecule is CNc1cc(-c2ccc(OC)c(CN(C(=O)c3sc4c(F)ccc(F)c4c3Cl)[C@H]3CC[C@H](NC)CC3)c2)ccn1. The molecule has 0 saturated heterocycles. The highest BCUT2D eigenvalue weighted by Crippen LogP contribution is 2.40. The number of nitrogens with one attached hydrogen (secondary N) is 2. The maximum Gasteiger partial charge on any atom is 0.266 e. The van der Waals surface area contributed by atoms with Crippen LogP contribution in [-0.2, 0) is 6.54 Å². The van der Waals surface area contributed by atoms with Crippen LogP contribution < -0.4 is 15.4 Å². The first kappa shape index (κ1) is 28.3. The standard InChI is InChI=1S/C30H31ClF2N4O2S/c1-34-20-5-7-21(8-6-20)37(30(38)29-27(31)26-22(32)9-10-23(33)28(26)40-29)16-19-14-17(4-11-24(19)39-3)18-12-13-36-25(15-18)35-2/h4,9-15,20-21,34H,5-8,16H2,1-3H3,(H,35,36)/t20-,21-. The van der Waals surface area contributed by atoms with Crippen LogP contribution in [0.4, 0.5) is 14.6 Å². The summed E-state index contributed by atoms with van der Waals surface area (Å²) >= 11 is 7.46. The Bertz CT molecular complexity index is 1540. The van der Waals surface area contributed by atoms with Crippen LogP contribution in [0.5, 0.6) is 5.75 Å². The van der Waals surface area contributed by atoms with Crippen molar-refractivity contribution in [3.63, 3.8) is 0 Å². The summed E-state index contributed by atoms with van der Waals surface area (Å²) in [5.74, 6) is -0.201. The van der Waals surface area contributed by atoms with Crippen LogP contribution in [-0.4, -0.2) is 49.1 Å². The van der Waals surface area contributed by atoms with Gasteiger partial charge in [-0.3, -0.25) is 4.79 Å². The second-order valence-corrected chi connectivity index (χ2v) is 11.3. The lowest BCUT2D eigenvalue weighted by Crippen LogP contribution is -2.44. The Morgan fingerprint density at radius 3 is 2.48 bits per heavy atom. The van der Waals surface area contributed by atoms with Crippen LogP contribution in [0.1, 0.15) is 40.9 Å². The number of halogens is 3. The molecule has 1 fully saturated rings. The van der Waals surface area contributed by atoms with Gasteiger partial charge in [0.1, 0.15) is 28.1 Å². The normalized spacial score (nSPS) is 17.1. The van der Waals surface area contributed by atoms with Gasteiger partial charge in [-0.2, -0.15) is 0 Å². The average Bonchev–Trinajstić information content (AvgIpc) is 3.35. The molecular formula is C30H31ClF2N4O2S. The third-order valence-corrected chi connectivity index (χ3v) is 9.33. The van der Waals surface area contributed by atoms with E-state index >= 15 is 0 Å². The minimum absolute atomic E-state index is 0.0461. The highest BCUT2D eigenvalue weighted by Gasteiger charge is 2.33. The van der Waals surface area contributed by atoms with Crippen LogP contribution in [0.25, 0.3) is 21.2 Å². The lowest BCUT2D eigenvalue weighted by atomic mass is 9.89. The van der Waals surface area contributed by atoms with E-state index in [0.29, 0.717) is 11.8 Å². The fraction of sp³-hybridized carbons (Fsp3) is 0.333. The summed E-state index contributed by atoms with van der Waals surface area (Å²) < 4.78 is 35.0. The number of anilines is 1. The number of hydrogen-bond acceptors (Lipinski definition) is 6.